The van der Waals surface area contributed by atoms with Gasteiger partial charge < -0.3 is 9.26 Å². The summed E-state index contributed by atoms with van der Waals surface area (Å²) >= 11 is 1.60. The molecule has 0 fully saturated rings. The molecular formula is C19H19N5O2S. The molecule has 0 atom stereocenters. The van der Waals surface area contributed by atoms with Crippen LogP contribution in [0.3, 0.4) is 0 Å². The molecule has 1 aromatic carbocycles. The number of rotatable bonds is 7. The van der Waals surface area contributed by atoms with Crippen molar-refractivity contribution < 1.29 is 9.26 Å². The normalized spacial score (nSPS) is 11.2. The molecule has 4 rings (SSSR count). The maximum atomic E-state index is 5.37. The van der Waals surface area contributed by atoms with Gasteiger partial charge in [-0.3, -0.25) is 4.90 Å². The van der Waals surface area contributed by atoms with Gasteiger partial charge in [0.05, 0.1) is 30.4 Å². The van der Waals surface area contributed by atoms with Gasteiger partial charge in [0.2, 0.25) is 11.7 Å². The first-order valence-electron chi connectivity index (χ1n) is 8.44. The Kier molecular flexibility index (Phi) is 4.99. The Morgan fingerprint density at radius 1 is 1.22 bits per heavy atom. The highest BCUT2D eigenvalue weighted by atomic mass is 32.1. The monoisotopic (exact) mass is 381 g/mol. The molecule has 0 saturated heterocycles. The van der Waals surface area contributed by atoms with Crippen LogP contribution in [0.15, 0.2) is 58.7 Å². The van der Waals surface area contributed by atoms with E-state index in [4.69, 9.17) is 9.26 Å². The molecule has 0 aliphatic rings. The van der Waals surface area contributed by atoms with Gasteiger partial charge in [-0.15, -0.1) is 11.3 Å². The van der Waals surface area contributed by atoms with Crippen molar-refractivity contribution in [2.45, 2.75) is 13.1 Å². The van der Waals surface area contributed by atoms with Crippen LogP contribution in [-0.4, -0.2) is 39.0 Å². The fourth-order valence-corrected chi connectivity index (χ4v) is 3.41. The number of hydrogen-bond donors (Lipinski definition) is 0. The van der Waals surface area contributed by atoms with Gasteiger partial charge in [-0.1, -0.05) is 17.3 Å². The highest BCUT2D eigenvalue weighted by molar-refractivity contribution is 7.13. The van der Waals surface area contributed by atoms with Crippen LogP contribution in [0.4, 0.5) is 0 Å². The summed E-state index contributed by atoms with van der Waals surface area (Å²) in [5, 5.41) is 10.5. The summed E-state index contributed by atoms with van der Waals surface area (Å²) in [5.74, 6) is 2.04. The van der Waals surface area contributed by atoms with Crippen LogP contribution in [0.1, 0.15) is 11.5 Å². The van der Waals surface area contributed by atoms with Gasteiger partial charge >= 0.3 is 0 Å². The average Bonchev–Trinajstić information content (AvgIpc) is 3.43. The summed E-state index contributed by atoms with van der Waals surface area (Å²) in [6.45, 7) is 1.30. The largest absolute Gasteiger partial charge is 0.497 e. The molecule has 4 aromatic rings. The Bertz CT molecular complexity index is 1010. The number of methoxy groups -OCH3 is 1. The SMILES string of the molecule is COc1cccc(-n2cc(CN(C)Cc3nc(-c4cccs4)no3)cn2)c1. The first kappa shape index (κ1) is 17.4. The molecule has 0 aliphatic carbocycles. The lowest BCUT2D eigenvalue weighted by Crippen LogP contribution is -2.17. The predicted octanol–water partition coefficient (Wildman–Crippen LogP) is 3.62. The molecule has 0 aliphatic heterocycles. The summed E-state index contributed by atoms with van der Waals surface area (Å²) in [6.07, 6.45) is 3.87. The van der Waals surface area contributed by atoms with Crippen LogP contribution in [0.25, 0.3) is 16.4 Å². The van der Waals surface area contributed by atoms with Gasteiger partial charge in [-0.05, 0) is 30.6 Å². The van der Waals surface area contributed by atoms with Crippen molar-refractivity contribution in [1.29, 1.82) is 0 Å². The summed E-state index contributed by atoms with van der Waals surface area (Å²) in [4.78, 5) is 7.58. The van der Waals surface area contributed by atoms with Crippen molar-refractivity contribution in [3.63, 3.8) is 0 Å². The minimum absolute atomic E-state index is 0.572. The van der Waals surface area contributed by atoms with Crippen LogP contribution < -0.4 is 4.74 Å². The molecule has 0 unspecified atom stereocenters. The zero-order chi connectivity index (χ0) is 18.6. The van der Waals surface area contributed by atoms with E-state index in [1.807, 2.05) is 65.9 Å². The van der Waals surface area contributed by atoms with Crippen LogP contribution >= 0.6 is 11.3 Å². The smallest absolute Gasteiger partial charge is 0.241 e. The molecule has 0 N–H and O–H groups in total. The molecule has 0 radical (unpaired) electrons. The quantitative estimate of drug-likeness (QED) is 0.487. The Morgan fingerprint density at radius 3 is 2.96 bits per heavy atom. The van der Waals surface area contributed by atoms with Gasteiger partial charge in [0.25, 0.3) is 0 Å². The molecule has 0 spiro atoms. The van der Waals surface area contributed by atoms with E-state index in [2.05, 4.69) is 20.1 Å². The van der Waals surface area contributed by atoms with Gasteiger partial charge in [-0.25, -0.2) is 4.68 Å². The van der Waals surface area contributed by atoms with Crippen molar-refractivity contribution in [2.24, 2.45) is 0 Å². The highest BCUT2D eigenvalue weighted by Gasteiger charge is 2.12. The number of hydrogen-bond acceptors (Lipinski definition) is 7. The van der Waals surface area contributed by atoms with Gasteiger partial charge in [0, 0.05) is 24.4 Å². The van der Waals surface area contributed by atoms with Crippen LogP contribution in [0, 0.1) is 0 Å². The lowest BCUT2D eigenvalue weighted by molar-refractivity contribution is 0.261. The zero-order valence-corrected chi connectivity index (χ0v) is 15.9. The van der Waals surface area contributed by atoms with Crippen molar-refractivity contribution in [3.05, 3.63) is 65.6 Å². The number of aromatic nitrogens is 4. The third-order valence-electron chi connectivity index (χ3n) is 4.02. The Morgan fingerprint density at radius 2 is 2.15 bits per heavy atom. The Hall–Kier alpha value is -2.97. The summed E-state index contributed by atoms with van der Waals surface area (Å²) in [7, 11) is 3.67. The van der Waals surface area contributed by atoms with E-state index in [1.54, 1.807) is 18.4 Å². The minimum atomic E-state index is 0.572. The minimum Gasteiger partial charge on any atom is -0.497 e. The molecule has 8 heteroatoms. The second kappa shape index (κ2) is 7.73. The molecule has 3 aromatic heterocycles. The van der Waals surface area contributed by atoms with Gasteiger partial charge in [0.15, 0.2) is 0 Å². The van der Waals surface area contributed by atoms with Crippen LogP contribution in [-0.2, 0) is 13.1 Å². The van der Waals surface area contributed by atoms with Crippen LogP contribution in [0.5, 0.6) is 5.75 Å². The zero-order valence-electron chi connectivity index (χ0n) is 15.1. The first-order chi connectivity index (χ1) is 13.2. The molecule has 0 saturated carbocycles. The van der Waals surface area contributed by atoms with E-state index >= 15 is 0 Å². The molecule has 138 valence electrons. The second-order valence-corrected chi connectivity index (χ2v) is 7.10. The van der Waals surface area contributed by atoms with E-state index in [0.29, 0.717) is 18.3 Å². The topological polar surface area (TPSA) is 69.2 Å². The van der Waals surface area contributed by atoms with E-state index in [9.17, 15) is 0 Å². The third-order valence-corrected chi connectivity index (χ3v) is 4.89. The number of ether oxygens (including phenoxy) is 1. The Labute approximate surface area is 160 Å². The van der Waals surface area contributed by atoms with E-state index in [-0.39, 0.29) is 0 Å². The fourth-order valence-electron chi connectivity index (χ4n) is 2.76. The predicted molar refractivity (Wildman–Crippen MR) is 103 cm³/mol. The number of benzene rings is 1. The molecule has 0 bridgehead atoms. The van der Waals surface area contributed by atoms with Gasteiger partial charge in [0.1, 0.15) is 5.75 Å². The molecule has 0 amide bonds. The standard InChI is InChI=1S/C19H19N5O2S/c1-23(13-18-21-19(22-26-18)17-7-4-8-27-17)11-14-10-20-24(12-14)15-5-3-6-16(9-15)25-2/h3-10,12H,11,13H2,1-2H3. The van der Waals surface area contributed by atoms with Crippen molar-refractivity contribution in [2.75, 3.05) is 14.2 Å². The fraction of sp³-hybridized carbons (Fsp3) is 0.211. The maximum Gasteiger partial charge on any atom is 0.241 e. The van der Waals surface area contributed by atoms with E-state index in [1.165, 1.54) is 0 Å². The summed E-state index contributed by atoms with van der Waals surface area (Å²) in [6, 6.07) is 11.8. The van der Waals surface area contributed by atoms with E-state index in [0.717, 1.165) is 28.4 Å². The molecular weight excluding hydrogens is 362 g/mol. The lowest BCUT2D eigenvalue weighted by Gasteiger charge is -2.12. The molecule has 3 heterocycles. The number of thiophene rings is 1. The second-order valence-electron chi connectivity index (χ2n) is 6.16. The molecule has 7 nitrogen and oxygen atoms in total. The highest BCUT2D eigenvalue weighted by Crippen LogP contribution is 2.22. The van der Waals surface area contributed by atoms with Gasteiger partial charge in [-0.2, -0.15) is 10.1 Å². The van der Waals surface area contributed by atoms with Crippen LogP contribution in [0.2, 0.25) is 0 Å². The number of nitrogens with zero attached hydrogens (tertiary/aromatic N) is 5. The van der Waals surface area contributed by atoms with Crippen molar-refractivity contribution >= 4 is 11.3 Å². The maximum absolute atomic E-state index is 5.37. The van der Waals surface area contributed by atoms with Crippen molar-refractivity contribution in [1.82, 2.24) is 24.8 Å². The lowest BCUT2D eigenvalue weighted by atomic mass is 10.3. The third kappa shape index (κ3) is 4.07. The summed E-state index contributed by atoms with van der Waals surface area (Å²) < 4.78 is 12.5. The van der Waals surface area contributed by atoms with E-state index < -0.39 is 0 Å². The average molecular weight is 381 g/mol. The summed E-state index contributed by atoms with van der Waals surface area (Å²) in [5.41, 5.74) is 2.05. The van der Waals surface area contributed by atoms with Crippen molar-refractivity contribution in [3.8, 4) is 22.1 Å². The molecule has 27 heavy (non-hydrogen) atoms. The Balaban J connectivity index is 1.40. The first-order valence-corrected chi connectivity index (χ1v) is 9.32.